The van der Waals surface area contributed by atoms with E-state index in [-0.39, 0.29) is 41.6 Å². The van der Waals surface area contributed by atoms with Crippen LogP contribution in [0, 0.1) is 23.6 Å². The molecule has 0 aliphatic carbocycles. The monoisotopic (exact) mass is 488 g/mol. The number of aliphatic hydroxyl groups is 1. The van der Waals surface area contributed by atoms with Gasteiger partial charge in [0.05, 0.1) is 6.61 Å². The molecule has 0 spiro atoms. The minimum Gasteiger partial charge on any atom is -0.487 e. The Morgan fingerprint density at radius 1 is 1.24 bits per heavy atom. The molecule has 1 N–H and O–H groups in total. The second-order valence-corrected chi connectivity index (χ2v) is 10.8. The third-order valence-electron chi connectivity index (χ3n) is 5.94. The van der Waals surface area contributed by atoms with Crippen LogP contribution in [-0.2, 0) is 10.0 Å². The molecular formula is C26H33FN2O4S. The summed E-state index contributed by atoms with van der Waals surface area (Å²) in [5, 5.41) is 9.75. The molecule has 0 saturated heterocycles. The topological polar surface area (TPSA) is 70.1 Å². The lowest BCUT2D eigenvalue weighted by Gasteiger charge is -2.37. The van der Waals surface area contributed by atoms with Crippen molar-refractivity contribution >= 4 is 10.0 Å². The number of sulfonamides is 1. The van der Waals surface area contributed by atoms with Crippen LogP contribution < -0.4 is 4.74 Å². The van der Waals surface area contributed by atoms with Crippen molar-refractivity contribution in [2.24, 2.45) is 5.92 Å². The quantitative estimate of drug-likeness (QED) is 0.632. The Morgan fingerprint density at radius 2 is 1.94 bits per heavy atom. The smallest absolute Gasteiger partial charge is 0.247 e. The first-order valence-electron chi connectivity index (χ1n) is 11.5. The summed E-state index contributed by atoms with van der Waals surface area (Å²) in [7, 11) is -1.88. The minimum atomic E-state index is -3.90. The fraction of sp³-hybridized carbons (Fsp3) is 0.462. The molecule has 0 amide bonds. The molecule has 3 atom stereocenters. The fourth-order valence-corrected chi connectivity index (χ4v) is 5.84. The molecule has 8 heteroatoms. The third kappa shape index (κ3) is 6.16. The lowest BCUT2D eigenvalue weighted by molar-refractivity contribution is 0.0752. The molecular weight excluding hydrogens is 455 g/mol. The molecule has 6 nitrogen and oxygen atoms in total. The van der Waals surface area contributed by atoms with Gasteiger partial charge in [0.15, 0.2) is 0 Å². The molecule has 0 unspecified atom stereocenters. The molecule has 34 heavy (non-hydrogen) atoms. The number of halogens is 1. The summed E-state index contributed by atoms with van der Waals surface area (Å²) in [6, 6.07) is 10.2. The Bertz CT molecular complexity index is 1160. The minimum absolute atomic E-state index is 0.0548. The summed E-state index contributed by atoms with van der Waals surface area (Å²) < 4.78 is 48.2. The first-order chi connectivity index (χ1) is 16.1. The zero-order chi connectivity index (χ0) is 24.9. The standard InChI is InChI=1S/C26H33FN2O4S/c1-5-13-28(4)17-25-19(2)16-29(20(3)18-30)34(31,32)26-12-11-22(15-24(26)33-25)10-9-21-7-6-8-23(27)14-21/h6-8,11-12,14-15,19-20,25,30H,5,13,16-18H2,1-4H3/t19-,20-,25-/m1/s1. The van der Waals surface area contributed by atoms with Gasteiger partial charge in [-0.1, -0.05) is 31.8 Å². The average Bonchev–Trinajstić information content (AvgIpc) is 2.79. The highest BCUT2D eigenvalue weighted by atomic mass is 32.2. The second-order valence-electron chi connectivity index (χ2n) is 8.92. The predicted molar refractivity (Wildman–Crippen MR) is 131 cm³/mol. The highest BCUT2D eigenvalue weighted by Crippen LogP contribution is 2.34. The molecule has 2 aromatic rings. The molecule has 1 heterocycles. The predicted octanol–water partition coefficient (Wildman–Crippen LogP) is 3.34. The van der Waals surface area contributed by atoms with Crippen LogP contribution >= 0.6 is 0 Å². The third-order valence-corrected chi connectivity index (χ3v) is 7.96. The van der Waals surface area contributed by atoms with Crippen molar-refractivity contribution in [2.75, 3.05) is 33.3 Å². The maximum Gasteiger partial charge on any atom is 0.247 e. The Hall–Kier alpha value is -2.44. The molecule has 0 bridgehead atoms. The number of aliphatic hydroxyl groups excluding tert-OH is 1. The first-order valence-corrected chi connectivity index (χ1v) is 13.0. The van der Waals surface area contributed by atoms with Gasteiger partial charge in [-0.05, 0) is 63.3 Å². The highest BCUT2D eigenvalue weighted by molar-refractivity contribution is 7.89. The lowest BCUT2D eigenvalue weighted by Crippen LogP contribution is -2.49. The van der Waals surface area contributed by atoms with Gasteiger partial charge in [-0.2, -0.15) is 4.31 Å². The van der Waals surface area contributed by atoms with Crippen LogP contribution in [0.25, 0.3) is 0 Å². The van der Waals surface area contributed by atoms with Gasteiger partial charge in [0.25, 0.3) is 0 Å². The Morgan fingerprint density at radius 3 is 2.59 bits per heavy atom. The van der Waals surface area contributed by atoms with Crippen molar-refractivity contribution in [3.05, 3.63) is 59.4 Å². The van der Waals surface area contributed by atoms with Gasteiger partial charge < -0.3 is 14.7 Å². The first kappa shape index (κ1) is 26.2. The van der Waals surface area contributed by atoms with Gasteiger partial charge in [-0.25, -0.2) is 12.8 Å². The molecule has 0 fully saturated rings. The molecule has 0 radical (unpaired) electrons. The number of hydrogen-bond acceptors (Lipinski definition) is 5. The largest absolute Gasteiger partial charge is 0.487 e. The normalized spacial score (nSPS) is 20.9. The Balaban J connectivity index is 2.05. The van der Waals surface area contributed by atoms with Gasteiger partial charge in [0.2, 0.25) is 10.0 Å². The highest BCUT2D eigenvalue weighted by Gasteiger charge is 2.38. The molecule has 1 aliphatic rings. The number of nitrogens with zero attached hydrogens (tertiary/aromatic N) is 2. The van der Waals surface area contributed by atoms with E-state index >= 15 is 0 Å². The lowest BCUT2D eigenvalue weighted by atomic mass is 10.0. The Labute approximate surface area is 202 Å². The summed E-state index contributed by atoms with van der Waals surface area (Å²) in [4.78, 5) is 2.23. The molecule has 3 rings (SSSR count). The summed E-state index contributed by atoms with van der Waals surface area (Å²) in [5.74, 6) is 5.65. The molecule has 184 valence electrons. The van der Waals surface area contributed by atoms with Crippen molar-refractivity contribution in [3.8, 4) is 17.6 Å². The zero-order valence-electron chi connectivity index (χ0n) is 20.2. The summed E-state index contributed by atoms with van der Waals surface area (Å²) in [5.41, 5.74) is 1.09. The van der Waals surface area contributed by atoms with Gasteiger partial charge in [-0.15, -0.1) is 0 Å². The molecule has 1 aliphatic heterocycles. The van der Waals surface area contributed by atoms with Crippen LogP contribution in [0.3, 0.4) is 0 Å². The summed E-state index contributed by atoms with van der Waals surface area (Å²) in [6.07, 6.45) is 0.737. The average molecular weight is 489 g/mol. The fourth-order valence-electron chi connectivity index (χ4n) is 4.01. The van der Waals surface area contributed by atoms with Gasteiger partial charge in [0.1, 0.15) is 22.6 Å². The van der Waals surface area contributed by atoms with Crippen molar-refractivity contribution in [3.63, 3.8) is 0 Å². The SMILES string of the molecule is CCCN(C)C[C@H]1Oc2cc(C#Cc3cccc(F)c3)ccc2S(=O)(=O)N([C@H](C)CO)C[C@H]1C. The van der Waals surface area contributed by atoms with Crippen LogP contribution in [0.15, 0.2) is 47.4 Å². The van der Waals surface area contributed by atoms with Crippen molar-refractivity contribution in [1.29, 1.82) is 0 Å². The number of hydrogen-bond donors (Lipinski definition) is 1. The van der Waals surface area contributed by atoms with E-state index in [1.165, 1.54) is 22.5 Å². The molecule has 0 saturated carbocycles. The number of benzene rings is 2. The van der Waals surface area contributed by atoms with E-state index in [0.717, 1.165) is 13.0 Å². The number of likely N-dealkylation sites (N-methyl/N-ethyl adjacent to an activating group) is 1. The van der Waals surface area contributed by atoms with E-state index in [1.54, 1.807) is 31.2 Å². The Kier molecular flexibility index (Phi) is 8.72. The van der Waals surface area contributed by atoms with Crippen LogP contribution in [0.2, 0.25) is 0 Å². The molecule has 0 aromatic heterocycles. The zero-order valence-corrected chi connectivity index (χ0v) is 21.0. The van der Waals surface area contributed by atoms with Crippen LogP contribution in [0.4, 0.5) is 4.39 Å². The van der Waals surface area contributed by atoms with Gasteiger partial charge >= 0.3 is 0 Å². The molecule has 2 aromatic carbocycles. The van der Waals surface area contributed by atoms with Crippen molar-refractivity contribution in [2.45, 2.75) is 44.2 Å². The number of rotatable bonds is 6. The maximum absolute atomic E-state index is 13.5. The van der Waals surface area contributed by atoms with Crippen molar-refractivity contribution in [1.82, 2.24) is 9.21 Å². The van der Waals surface area contributed by atoms with Gasteiger partial charge in [-0.3, -0.25) is 0 Å². The second kappa shape index (κ2) is 11.3. The summed E-state index contributed by atoms with van der Waals surface area (Å²) in [6.45, 7) is 7.27. The van der Waals surface area contributed by atoms with E-state index in [0.29, 0.717) is 17.7 Å². The maximum atomic E-state index is 13.5. The van der Waals surface area contributed by atoms with E-state index < -0.39 is 16.1 Å². The van der Waals surface area contributed by atoms with Crippen LogP contribution in [-0.4, -0.2) is 68.2 Å². The van der Waals surface area contributed by atoms with Crippen LogP contribution in [0.5, 0.6) is 5.75 Å². The number of fused-ring (bicyclic) bond motifs is 1. The van der Waals surface area contributed by atoms with E-state index in [1.807, 2.05) is 14.0 Å². The van der Waals surface area contributed by atoms with Crippen molar-refractivity contribution < 1.29 is 22.7 Å². The summed E-state index contributed by atoms with van der Waals surface area (Å²) >= 11 is 0. The van der Waals surface area contributed by atoms with Crippen LogP contribution in [0.1, 0.15) is 38.3 Å². The number of ether oxygens (including phenoxy) is 1. The van der Waals surface area contributed by atoms with E-state index in [9.17, 15) is 17.9 Å². The van der Waals surface area contributed by atoms with E-state index in [4.69, 9.17) is 4.74 Å². The van der Waals surface area contributed by atoms with Gasteiger partial charge in [0, 0.05) is 36.2 Å². The van der Waals surface area contributed by atoms with E-state index in [2.05, 4.69) is 23.7 Å².